The molecule has 0 spiro atoms. The normalized spacial score (nSPS) is 14.7. The molecular weight excluding hydrogens is 447 g/mol. The number of imide groups is 1. The molecule has 33 heavy (non-hydrogen) atoms. The quantitative estimate of drug-likeness (QED) is 0.259. The molecule has 0 atom stereocenters. The van der Waals surface area contributed by atoms with E-state index >= 15 is 0 Å². The fourth-order valence-corrected chi connectivity index (χ4v) is 4.07. The molecule has 9 heteroatoms. The van der Waals surface area contributed by atoms with Crippen LogP contribution in [0.2, 0.25) is 0 Å². The Hall–Kier alpha value is -3.98. The van der Waals surface area contributed by atoms with E-state index < -0.39 is 16.1 Å². The van der Waals surface area contributed by atoms with Gasteiger partial charge in [-0.1, -0.05) is 48.5 Å². The van der Waals surface area contributed by atoms with Crippen LogP contribution in [-0.2, 0) is 17.9 Å². The lowest BCUT2D eigenvalue weighted by Gasteiger charge is -2.12. The van der Waals surface area contributed by atoms with E-state index in [1.807, 2.05) is 0 Å². The van der Waals surface area contributed by atoms with Crippen molar-refractivity contribution in [1.29, 1.82) is 0 Å². The Bertz CT molecular complexity index is 1260. The van der Waals surface area contributed by atoms with Gasteiger partial charge < -0.3 is 4.74 Å². The molecule has 0 aliphatic carbocycles. The molecule has 4 rings (SSSR count). The van der Waals surface area contributed by atoms with E-state index in [9.17, 15) is 24.1 Å². The number of nitrogens with zero attached hydrogens (tertiary/aromatic N) is 2. The Balaban J connectivity index is 1.53. The third-order valence-electron chi connectivity index (χ3n) is 4.90. The molecule has 0 saturated carbocycles. The van der Waals surface area contributed by atoms with Gasteiger partial charge in [-0.3, -0.25) is 24.6 Å². The molecule has 0 unspecified atom stereocenters. The van der Waals surface area contributed by atoms with Crippen molar-refractivity contribution in [2.75, 3.05) is 0 Å². The average Bonchev–Trinajstić information content (AvgIpc) is 3.07. The first-order valence-corrected chi connectivity index (χ1v) is 10.7. The van der Waals surface area contributed by atoms with E-state index in [4.69, 9.17) is 4.74 Å². The minimum absolute atomic E-state index is 0.153. The van der Waals surface area contributed by atoms with Crippen molar-refractivity contribution in [3.63, 3.8) is 0 Å². The number of carbonyl (C=O) groups excluding carboxylic acids is 2. The van der Waals surface area contributed by atoms with Gasteiger partial charge in [-0.25, -0.2) is 4.39 Å². The molecule has 3 aromatic rings. The minimum atomic E-state index is -0.543. The number of halogens is 1. The van der Waals surface area contributed by atoms with Crippen molar-refractivity contribution in [3.05, 3.63) is 110 Å². The smallest absolute Gasteiger partial charge is 0.293 e. The highest BCUT2D eigenvalue weighted by Crippen LogP contribution is 2.35. The number of carbonyl (C=O) groups is 2. The summed E-state index contributed by atoms with van der Waals surface area (Å²) in [6.45, 7) is 0.00611. The van der Waals surface area contributed by atoms with Crippen LogP contribution in [0.5, 0.6) is 5.75 Å². The van der Waals surface area contributed by atoms with Crippen molar-refractivity contribution in [3.8, 4) is 5.75 Å². The SMILES string of the molecule is O=C1S/C(=C/c2ccccc2OCc2ccc(F)cc2)C(=O)N1Cc1ccccc1[N+](=O)[O-]. The third-order valence-corrected chi connectivity index (χ3v) is 5.81. The molecule has 1 aliphatic rings. The van der Waals surface area contributed by atoms with Gasteiger partial charge in [0.05, 0.1) is 16.4 Å². The summed E-state index contributed by atoms with van der Waals surface area (Å²) in [5.41, 5.74) is 1.49. The van der Waals surface area contributed by atoms with Crippen molar-refractivity contribution in [2.24, 2.45) is 0 Å². The molecular formula is C24H17FN2O5S. The molecule has 0 radical (unpaired) electrons. The average molecular weight is 464 g/mol. The molecule has 3 aromatic carbocycles. The number of amides is 2. The number of benzene rings is 3. The number of para-hydroxylation sites is 2. The maximum atomic E-state index is 13.1. The first-order valence-electron chi connectivity index (χ1n) is 9.86. The van der Waals surface area contributed by atoms with Gasteiger partial charge in [0.15, 0.2) is 0 Å². The van der Waals surface area contributed by atoms with Crippen molar-refractivity contribution < 1.29 is 23.6 Å². The van der Waals surface area contributed by atoms with Crippen LogP contribution in [0.15, 0.2) is 77.7 Å². The molecule has 1 fully saturated rings. The molecule has 0 aromatic heterocycles. The molecule has 166 valence electrons. The number of ether oxygens (including phenoxy) is 1. The first kappa shape index (κ1) is 22.2. The van der Waals surface area contributed by atoms with Gasteiger partial charge in [-0.15, -0.1) is 0 Å². The monoisotopic (exact) mass is 464 g/mol. The zero-order valence-electron chi connectivity index (χ0n) is 17.1. The lowest BCUT2D eigenvalue weighted by Crippen LogP contribution is -2.27. The van der Waals surface area contributed by atoms with Gasteiger partial charge in [-0.2, -0.15) is 0 Å². The number of hydrogen-bond donors (Lipinski definition) is 0. The summed E-state index contributed by atoms with van der Waals surface area (Å²) in [4.78, 5) is 37.3. The Morgan fingerprint density at radius 3 is 2.45 bits per heavy atom. The molecule has 7 nitrogen and oxygen atoms in total. The van der Waals surface area contributed by atoms with E-state index in [0.29, 0.717) is 11.3 Å². The zero-order valence-corrected chi connectivity index (χ0v) is 18.0. The highest BCUT2D eigenvalue weighted by Gasteiger charge is 2.36. The van der Waals surface area contributed by atoms with E-state index in [1.165, 1.54) is 30.3 Å². The van der Waals surface area contributed by atoms with Crippen LogP contribution in [0.3, 0.4) is 0 Å². The molecule has 1 heterocycles. The van der Waals surface area contributed by atoms with E-state index in [2.05, 4.69) is 0 Å². The second-order valence-electron chi connectivity index (χ2n) is 7.11. The first-order chi connectivity index (χ1) is 15.9. The summed E-state index contributed by atoms with van der Waals surface area (Å²) < 4.78 is 18.9. The van der Waals surface area contributed by atoms with Crippen LogP contribution in [0.1, 0.15) is 16.7 Å². The predicted molar refractivity (Wildman–Crippen MR) is 122 cm³/mol. The van der Waals surface area contributed by atoms with Crippen molar-refractivity contribution in [2.45, 2.75) is 13.2 Å². The van der Waals surface area contributed by atoms with Crippen LogP contribution in [0.25, 0.3) is 6.08 Å². The molecule has 2 amide bonds. The number of rotatable bonds is 7. The molecule has 0 bridgehead atoms. The molecule has 1 aliphatic heterocycles. The van der Waals surface area contributed by atoms with Crippen LogP contribution < -0.4 is 4.74 Å². The minimum Gasteiger partial charge on any atom is -0.488 e. The van der Waals surface area contributed by atoms with Crippen molar-refractivity contribution in [1.82, 2.24) is 4.90 Å². The van der Waals surface area contributed by atoms with E-state index in [1.54, 1.807) is 48.5 Å². The van der Waals surface area contributed by atoms with Gasteiger partial charge in [0.25, 0.3) is 16.8 Å². The largest absolute Gasteiger partial charge is 0.488 e. The summed E-state index contributed by atoms with van der Waals surface area (Å²) in [6.07, 6.45) is 1.56. The summed E-state index contributed by atoms with van der Waals surface area (Å²) in [5.74, 6) is -0.375. The van der Waals surface area contributed by atoms with Crippen LogP contribution >= 0.6 is 11.8 Å². The Morgan fingerprint density at radius 2 is 1.70 bits per heavy atom. The topological polar surface area (TPSA) is 89.8 Å². The summed E-state index contributed by atoms with van der Waals surface area (Å²) >= 11 is 0.766. The maximum Gasteiger partial charge on any atom is 0.293 e. The Morgan fingerprint density at radius 1 is 1.00 bits per heavy atom. The number of nitro benzene ring substituents is 1. The second kappa shape index (κ2) is 9.66. The van der Waals surface area contributed by atoms with Crippen LogP contribution in [0.4, 0.5) is 14.9 Å². The summed E-state index contributed by atoms with van der Waals surface area (Å²) in [6, 6.07) is 18.9. The fraction of sp³-hybridized carbons (Fsp3) is 0.0833. The van der Waals surface area contributed by atoms with Crippen LogP contribution in [-0.4, -0.2) is 21.0 Å². The highest BCUT2D eigenvalue weighted by molar-refractivity contribution is 8.18. The van der Waals surface area contributed by atoms with Gasteiger partial charge in [0.2, 0.25) is 0 Å². The van der Waals surface area contributed by atoms with Crippen LogP contribution in [0, 0.1) is 15.9 Å². The third kappa shape index (κ3) is 5.09. The predicted octanol–water partition coefficient (Wildman–Crippen LogP) is 5.55. The summed E-state index contributed by atoms with van der Waals surface area (Å²) in [7, 11) is 0. The highest BCUT2D eigenvalue weighted by atomic mass is 32.2. The van der Waals surface area contributed by atoms with Gasteiger partial charge in [0, 0.05) is 17.2 Å². The van der Waals surface area contributed by atoms with Gasteiger partial charge >= 0.3 is 0 Å². The zero-order chi connectivity index (χ0) is 23.4. The Kier molecular flexibility index (Phi) is 6.50. The molecule has 1 saturated heterocycles. The molecule has 0 N–H and O–H groups in total. The van der Waals surface area contributed by atoms with E-state index in [-0.39, 0.29) is 35.1 Å². The number of hydrogen-bond acceptors (Lipinski definition) is 6. The standard InChI is InChI=1S/C24H17FN2O5S/c25-19-11-9-16(10-12-19)15-32-21-8-4-2-5-17(21)13-22-23(28)26(24(29)33-22)14-18-6-1-3-7-20(18)27(30)31/h1-13H,14-15H2/b22-13+. The Labute approximate surface area is 192 Å². The summed E-state index contributed by atoms with van der Waals surface area (Å²) in [5, 5.41) is 10.7. The lowest BCUT2D eigenvalue weighted by atomic mass is 10.1. The van der Waals surface area contributed by atoms with Gasteiger partial charge in [-0.05, 0) is 41.6 Å². The van der Waals surface area contributed by atoms with E-state index in [0.717, 1.165) is 22.2 Å². The van der Waals surface area contributed by atoms with Crippen molar-refractivity contribution >= 4 is 34.7 Å². The lowest BCUT2D eigenvalue weighted by molar-refractivity contribution is -0.385. The number of thioether (sulfide) groups is 1. The maximum absolute atomic E-state index is 13.1. The number of nitro groups is 1. The second-order valence-corrected chi connectivity index (χ2v) is 8.10. The fourth-order valence-electron chi connectivity index (χ4n) is 3.24. The van der Waals surface area contributed by atoms with Gasteiger partial charge in [0.1, 0.15) is 18.2 Å².